The van der Waals surface area contributed by atoms with Crippen LogP contribution in [0, 0.1) is 13.8 Å². The Kier molecular flexibility index (Phi) is 6.67. The summed E-state index contributed by atoms with van der Waals surface area (Å²) in [5.41, 5.74) is 4.28. The summed E-state index contributed by atoms with van der Waals surface area (Å²) in [7, 11) is 0. The SMILES string of the molecule is CC[C@@H](C)c1ccccc1NC(=O)COC(=O)c1c(C)nn(-c2ccccc2)c1C. The third-order valence-corrected chi connectivity index (χ3v) is 5.21. The molecule has 0 unspecified atom stereocenters. The Bertz CT molecular complexity index is 1040. The second kappa shape index (κ2) is 9.39. The van der Waals surface area contributed by atoms with E-state index in [1.807, 2.05) is 61.5 Å². The van der Waals surface area contributed by atoms with Gasteiger partial charge in [0.1, 0.15) is 5.56 Å². The molecule has 0 spiro atoms. The standard InChI is InChI=1S/C24H27N3O3/c1-5-16(2)20-13-9-10-14-21(20)25-22(28)15-30-24(29)23-17(3)26-27(18(23)4)19-11-7-6-8-12-19/h6-14,16H,5,15H2,1-4H3,(H,25,28)/t16-/m1/s1. The summed E-state index contributed by atoms with van der Waals surface area (Å²) < 4.78 is 7.00. The van der Waals surface area contributed by atoms with Crippen LogP contribution in [0.25, 0.3) is 5.69 Å². The minimum atomic E-state index is -0.558. The highest BCUT2D eigenvalue weighted by atomic mass is 16.5. The number of nitrogens with zero attached hydrogens (tertiary/aromatic N) is 2. The van der Waals surface area contributed by atoms with Gasteiger partial charge in [-0.15, -0.1) is 0 Å². The maximum absolute atomic E-state index is 12.7. The zero-order valence-corrected chi connectivity index (χ0v) is 17.8. The fraction of sp³-hybridized carbons (Fsp3) is 0.292. The summed E-state index contributed by atoms with van der Waals surface area (Å²) in [5.74, 6) is -0.611. The van der Waals surface area contributed by atoms with Gasteiger partial charge in [0.2, 0.25) is 0 Å². The van der Waals surface area contributed by atoms with Gasteiger partial charge in [-0.3, -0.25) is 4.79 Å². The van der Waals surface area contributed by atoms with Crippen molar-refractivity contribution in [2.75, 3.05) is 11.9 Å². The molecule has 1 amide bonds. The van der Waals surface area contributed by atoms with Gasteiger partial charge in [0, 0.05) is 5.69 Å². The van der Waals surface area contributed by atoms with Crippen molar-refractivity contribution in [3.8, 4) is 5.69 Å². The number of para-hydroxylation sites is 2. The zero-order valence-electron chi connectivity index (χ0n) is 17.8. The van der Waals surface area contributed by atoms with Crippen LogP contribution < -0.4 is 5.32 Å². The molecule has 1 N–H and O–H groups in total. The van der Waals surface area contributed by atoms with Gasteiger partial charge in [0.15, 0.2) is 6.61 Å². The molecule has 0 saturated heterocycles. The first-order valence-electron chi connectivity index (χ1n) is 10.1. The first-order valence-corrected chi connectivity index (χ1v) is 10.1. The number of aryl methyl sites for hydroxylation is 1. The van der Waals surface area contributed by atoms with Crippen LogP contribution in [0.3, 0.4) is 0 Å². The average molecular weight is 405 g/mol. The molecule has 1 atom stereocenters. The fourth-order valence-corrected chi connectivity index (χ4v) is 3.41. The zero-order chi connectivity index (χ0) is 21.7. The van der Waals surface area contributed by atoms with Crippen molar-refractivity contribution in [1.29, 1.82) is 0 Å². The first kappa shape index (κ1) is 21.3. The number of hydrogen-bond acceptors (Lipinski definition) is 4. The molecule has 30 heavy (non-hydrogen) atoms. The monoisotopic (exact) mass is 405 g/mol. The summed E-state index contributed by atoms with van der Waals surface area (Å²) >= 11 is 0. The van der Waals surface area contributed by atoms with Crippen molar-refractivity contribution in [3.63, 3.8) is 0 Å². The summed E-state index contributed by atoms with van der Waals surface area (Å²) in [5, 5.41) is 7.31. The quantitative estimate of drug-likeness (QED) is 0.573. The molecule has 0 aliphatic heterocycles. The third kappa shape index (κ3) is 4.59. The second-order valence-electron chi connectivity index (χ2n) is 7.31. The van der Waals surface area contributed by atoms with E-state index >= 15 is 0 Å². The Morgan fingerprint density at radius 2 is 1.73 bits per heavy atom. The Morgan fingerprint density at radius 3 is 2.43 bits per heavy atom. The van der Waals surface area contributed by atoms with E-state index in [1.165, 1.54) is 0 Å². The van der Waals surface area contributed by atoms with E-state index in [2.05, 4.69) is 24.3 Å². The number of benzene rings is 2. The Labute approximate surface area is 176 Å². The second-order valence-corrected chi connectivity index (χ2v) is 7.31. The number of carbonyl (C=O) groups is 2. The van der Waals surface area contributed by atoms with E-state index in [-0.39, 0.29) is 12.5 Å². The lowest BCUT2D eigenvalue weighted by atomic mass is 9.97. The van der Waals surface area contributed by atoms with Crippen molar-refractivity contribution in [3.05, 3.63) is 77.1 Å². The smallest absolute Gasteiger partial charge is 0.342 e. The molecule has 0 bridgehead atoms. The van der Waals surface area contributed by atoms with Gasteiger partial charge in [0.05, 0.1) is 17.1 Å². The topological polar surface area (TPSA) is 73.2 Å². The maximum atomic E-state index is 12.7. The molecule has 1 heterocycles. The molecule has 156 valence electrons. The van der Waals surface area contributed by atoms with Gasteiger partial charge < -0.3 is 10.1 Å². The van der Waals surface area contributed by atoms with E-state index in [9.17, 15) is 9.59 Å². The number of ether oxygens (including phenoxy) is 1. The van der Waals surface area contributed by atoms with E-state index in [0.29, 0.717) is 22.9 Å². The maximum Gasteiger partial charge on any atom is 0.342 e. The predicted molar refractivity (Wildman–Crippen MR) is 117 cm³/mol. The fourth-order valence-electron chi connectivity index (χ4n) is 3.41. The summed E-state index contributed by atoms with van der Waals surface area (Å²) in [6.07, 6.45) is 0.964. The van der Waals surface area contributed by atoms with Gasteiger partial charge in [0.25, 0.3) is 5.91 Å². The summed E-state index contributed by atoms with van der Waals surface area (Å²) in [6.45, 7) is 7.42. The number of anilines is 1. The number of esters is 1. The molecular weight excluding hydrogens is 378 g/mol. The number of hydrogen-bond donors (Lipinski definition) is 1. The van der Waals surface area contributed by atoms with Gasteiger partial charge in [-0.1, -0.05) is 50.2 Å². The lowest BCUT2D eigenvalue weighted by Gasteiger charge is -2.15. The highest BCUT2D eigenvalue weighted by Crippen LogP contribution is 2.26. The van der Waals surface area contributed by atoms with Crippen LogP contribution in [0.5, 0.6) is 0 Å². The molecular formula is C24H27N3O3. The van der Waals surface area contributed by atoms with Crippen molar-refractivity contribution in [2.24, 2.45) is 0 Å². The average Bonchev–Trinajstić information content (AvgIpc) is 3.06. The molecule has 0 saturated carbocycles. The van der Waals surface area contributed by atoms with Gasteiger partial charge in [-0.05, 0) is 49.9 Å². The van der Waals surface area contributed by atoms with E-state index < -0.39 is 5.97 Å². The normalized spacial score (nSPS) is 11.7. The molecule has 0 radical (unpaired) electrons. The highest BCUT2D eigenvalue weighted by Gasteiger charge is 2.22. The lowest BCUT2D eigenvalue weighted by molar-refractivity contribution is -0.119. The molecule has 3 rings (SSSR count). The van der Waals surface area contributed by atoms with E-state index in [4.69, 9.17) is 4.74 Å². The molecule has 6 nitrogen and oxygen atoms in total. The molecule has 0 aliphatic carbocycles. The van der Waals surface area contributed by atoms with E-state index in [0.717, 1.165) is 23.4 Å². The van der Waals surface area contributed by atoms with Crippen LogP contribution in [0.15, 0.2) is 54.6 Å². The molecule has 3 aromatic rings. The van der Waals surface area contributed by atoms with E-state index in [1.54, 1.807) is 11.6 Å². The minimum absolute atomic E-state index is 0.318. The number of carbonyl (C=O) groups excluding carboxylic acids is 2. The van der Waals surface area contributed by atoms with Crippen LogP contribution in [0.4, 0.5) is 5.69 Å². The highest BCUT2D eigenvalue weighted by molar-refractivity contribution is 5.97. The van der Waals surface area contributed by atoms with Crippen molar-refractivity contribution >= 4 is 17.6 Å². The number of nitrogens with one attached hydrogen (secondary N) is 1. The van der Waals surface area contributed by atoms with Crippen molar-refractivity contribution in [1.82, 2.24) is 9.78 Å². The van der Waals surface area contributed by atoms with Crippen LogP contribution in [-0.4, -0.2) is 28.3 Å². The van der Waals surface area contributed by atoms with Crippen LogP contribution in [0.1, 0.15) is 53.5 Å². The van der Waals surface area contributed by atoms with Crippen molar-refractivity contribution < 1.29 is 14.3 Å². The van der Waals surface area contributed by atoms with Crippen LogP contribution in [-0.2, 0) is 9.53 Å². The Balaban J connectivity index is 1.68. The number of amides is 1. The summed E-state index contributed by atoms with van der Waals surface area (Å²) in [4.78, 5) is 25.1. The molecule has 2 aromatic carbocycles. The minimum Gasteiger partial charge on any atom is -0.452 e. The van der Waals surface area contributed by atoms with Crippen LogP contribution >= 0.6 is 0 Å². The van der Waals surface area contributed by atoms with Gasteiger partial charge in [-0.2, -0.15) is 5.10 Å². The largest absolute Gasteiger partial charge is 0.452 e. The first-order chi connectivity index (χ1) is 14.4. The van der Waals surface area contributed by atoms with Crippen molar-refractivity contribution in [2.45, 2.75) is 40.0 Å². The molecule has 6 heteroatoms. The Morgan fingerprint density at radius 1 is 1.07 bits per heavy atom. The van der Waals surface area contributed by atoms with Gasteiger partial charge >= 0.3 is 5.97 Å². The molecule has 0 aliphatic rings. The number of rotatable bonds is 7. The number of aromatic nitrogens is 2. The third-order valence-electron chi connectivity index (χ3n) is 5.21. The van der Waals surface area contributed by atoms with Gasteiger partial charge in [-0.25, -0.2) is 9.48 Å². The lowest BCUT2D eigenvalue weighted by Crippen LogP contribution is -2.22. The summed E-state index contributed by atoms with van der Waals surface area (Å²) in [6, 6.07) is 17.2. The Hall–Kier alpha value is -3.41. The van der Waals surface area contributed by atoms with Crippen LogP contribution in [0.2, 0.25) is 0 Å². The molecule has 0 fully saturated rings. The molecule has 1 aromatic heterocycles. The predicted octanol–water partition coefficient (Wildman–Crippen LogP) is 4.80.